The zero-order chi connectivity index (χ0) is 14.5. The number of rotatable bonds is 4. The van der Waals surface area contributed by atoms with Gasteiger partial charge in [0.2, 0.25) is 0 Å². The minimum Gasteiger partial charge on any atom is -0.348 e. The van der Waals surface area contributed by atoms with Gasteiger partial charge in [-0.15, -0.1) is 0 Å². The molecule has 1 amide bonds. The molecule has 2 aromatic rings. The van der Waals surface area contributed by atoms with Crippen molar-refractivity contribution in [3.05, 3.63) is 64.4 Å². The van der Waals surface area contributed by atoms with Gasteiger partial charge in [0.15, 0.2) is 0 Å². The molecule has 0 aliphatic heterocycles. The smallest absolute Gasteiger partial charge is 0.270 e. The first-order chi connectivity index (χ1) is 9.54. The molecule has 0 unspecified atom stereocenters. The average Bonchev–Trinajstić information content (AvgIpc) is 2.38. The van der Waals surface area contributed by atoms with Gasteiger partial charge in [-0.1, -0.05) is 29.8 Å². The van der Waals surface area contributed by atoms with Crippen molar-refractivity contribution >= 4 is 17.5 Å². The second kappa shape index (κ2) is 6.53. The van der Waals surface area contributed by atoms with Crippen LogP contribution in [0, 0.1) is 6.92 Å². The molecule has 3 nitrogen and oxygen atoms in total. The van der Waals surface area contributed by atoms with Crippen LogP contribution >= 0.6 is 11.6 Å². The molecular weight excluding hydrogens is 272 g/mol. The van der Waals surface area contributed by atoms with Crippen molar-refractivity contribution in [3.8, 4) is 0 Å². The van der Waals surface area contributed by atoms with Crippen molar-refractivity contribution in [2.75, 3.05) is 0 Å². The lowest BCUT2D eigenvalue weighted by Gasteiger charge is -2.14. The zero-order valence-corrected chi connectivity index (χ0v) is 12.3. The number of hydrogen-bond donors (Lipinski definition) is 1. The lowest BCUT2D eigenvalue weighted by molar-refractivity contribution is 0.0935. The molecule has 0 aliphatic carbocycles. The van der Waals surface area contributed by atoms with Crippen LogP contribution < -0.4 is 5.32 Å². The molecule has 1 atom stereocenters. The van der Waals surface area contributed by atoms with Crippen molar-refractivity contribution in [1.29, 1.82) is 0 Å². The Labute approximate surface area is 124 Å². The molecule has 104 valence electrons. The summed E-state index contributed by atoms with van der Waals surface area (Å²) in [6.45, 7) is 3.83. The van der Waals surface area contributed by atoms with Crippen LogP contribution in [0.3, 0.4) is 0 Å². The fourth-order valence-corrected chi connectivity index (χ4v) is 2.25. The van der Waals surface area contributed by atoms with Crippen LogP contribution in [-0.2, 0) is 6.42 Å². The molecule has 0 spiro atoms. The molecule has 0 aliphatic rings. The molecule has 1 N–H and O–H groups in total. The third-order valence-corrected chi connectivity index (χ3v) is 3.16. The molecule has 0 saturated carbocycles. The van der Waals surface area contributed by atoms with Gasteiger partial charge in [0, 0.05) is 16.8 Å². The number of hydrogen-bond acceptors (Lipinski definition) is 2. The van der Waals surface area contributed by atoms with E-state index in [-0.39, 0.29) is 11.9 Å². The third kappa shape index (κ3) is 4.07. The number of carbonyl (C=O) groups is 1. The fourth-order valence-electron chi connectivity index (χ4n) is 2.04. The number of nitrogens with one attached hydrogen (secondary N) is 1. The number of nitrogens with zero attached hydrogens (tertiary/aromatic N) is 1. The second-order valence-electron chi connectivity index (χ2n) is 4.87. The molecule has 0 bridgehead atoms. The summed E-state index contributed by atoms with van der Waals surface area (Å²) in [6, 6.07) is 13.1. The van der Waals surface area contributed by atoms with Gasteiger partial charge in [-0.05, 0) is 50.1 Å². The maximum absolute atomic E-state index is 12.1. The Kier molecular flexibility index (Phi) is 4.74. The average molecular weight is 289 g/mol. The number of carbonyl (C=O) groups excluding carboxylic acids is 1. The molecule has 2 rings (SSSR count). The maximum Gasteiger partial charge on any atom is 0.270 e. The van der Waals surface area contributed by atoms with Crippen LogP contribution in [0.15, 0.2) is 42.5 Å². The van der Waals surface area contributed by atoms with E-state index in [1.54, 1.807) is 6.07 Å². The Morgan fingerprint density at radius 3 is 2.75 bits per heavy atom. The van der Waals surface area contributed by atoms with E-state index in [1.165, 1.54) is 0 Å². The highest BCUT2D eigenvalue weighted by Crippen LogP contribution is 2.12. The van der Waals surface area contributed by atoms with E-state index in [4.69, 9.17) is 11.6 Å². The molecule has 20 heavy (non-hydrogen) atoms. The lowest BCUT2D eigenvalue weighted by atomic mass is 10.1. The van der Waals surface area contributed by atoms with Crippen LogP contribution in [0.25, 0.3) is 0 Å². The number of amides is 1. The summed E-state index contributed by atoms with van der Waals surface area (Å²) in [4.78, 5) is 16.3. The molecule has 1 aromatic heterocycles. The van der Waals surface area contributed by atoms with Crippen molar-refractivity contribution < 1.29 is 4.79 Å². The Bertz CT molecular complexity index is 613. The van der Waals surface area contributed by atoms with Crippen LogP contribution in [0.4, 0.5) is 0 Å². The molecule has 0 radical (unpaired) electrons. The van der Waals surface area contributed by atoms with Crippen LogP contribution in [0.1, 0.15) is 28.7 Å². The molecule has 4 heteroatoms. The topological polar surface area (TPSA) is 42.0 Å². The second-order valence-corrected chi connectivity index (χ2v) is 5.31. The lowest BCUT2D eigenvalue weighted by Crippen LogP contribution is -2.34. The summed E-state index contributed by atoms with van der Waals surface area (Å²) in [7, 11) is 0. The van der Waals surface area contributed by atoms with E-state index in [9.17, 15) is 4.79 Å². The van der Waals surface area contributed by atoms with Crippen LogP contribution in [0.2, 0.25) is 5.02 Å². The summed E-state index contributed by atoms with van der Waals surface area (Å²) in [5.41, 5.74) is 2.38. The minimum atomic E-state index is -0.150. The van der Waals surface area contributed by atoms with E-state index < -0.39 is 0 Å². The van der Waals surface area contributed by atoms with E-state index in [1.807, 2.05) is 50.2 Å². The Hall–Kier alpha value is -1.87. The van der Waals surface area contributed by atoms with Gasteiger partial charge in [-0.3, -0.25) is 4.79 Å². The normalized spacial score (nSPS) is 11.9. The maximum atomic E-state index is 12.1. The van der Waals surface area contributed by atoms with Gasteiger partial charge >= 0.3 is 0 Å². The summed E-state index contributed by atoms with van der Waals surface area (Å²) in [6.07, 6.45) is 0.734. The van der Waals surface area contributed by atoms with Crippen molar-refractivity contribution in [2.45, 2.75) is 26.3 Å². The highest BCUT2D eigenvalue weighted by Gasteiger charge is 2.11. The first-order valence-electron chi connectivity index (χ1n) is 6.53. The third-order valence-electron chi connectivity index (χ3n) is 2.93. The number of benzene rings is 1. The zero-order valence-electron chi connectivity index (χ0n) is 11.6. The Morgan fingerprint density at radius 2 is 2.05 bits per heavy atom. The van der Waals surface area contributed by atoms with E-state index in [2.05, 4.69) is 10.3 Å². The first-order valence-corrected chi connectivity index (χ1v) is 6.91. The quantitative estimate of drug-likeness (QED) is 0.937. The van der Waals surface area contributed by atoms with Crippen molar-refractivity contribution in [3.63, 3.8) is 0 Å². The number of halogens is 1. The van der Waals surface area contributed by atoms with Gasteiger partial charge in [0.05, 0.1) is 0 Å². The van der Waals surface area contributed by atoms with Gasteiger partial charge in [-0.2, -0.15) is 0 Å². The fraction of sp³-hybridized carbons (Fsp3) is 0.250. The number of aromatic nitrogens is 1. The van der Waals surface area contributed by atoms with E-state index in [0.717, 1.165) is 17.7 Å². The summed E-state index contributed by atoms with van der Waals surface area (Å²) >= 11 is 5.95. The predicted molar refractivity (Wildman–Crippen MR) is 81.1 cm³/mol. The SMILES string of the molecule is Cc1cccc(C(=O)N[C@H](C)Cc2cccc(Cl)c2)n1. The predicted octanol–water partition coefficient (Wildman–Crippen LogP) is 3.40. The summed E-state index contributed by atoms with van der Waals surface area (Å²) in [5.74, 6) is -0.150. The van der Waals surface area contributed by atoms with Gasteiger partial charge in [0.25, 0.3) is 5.91 Å². The summed E-state index contributed by atoms with van der Waals surface area (Å²) in [5, 5.41) is 3.66. The molecular formula is C16H17ClN2O. The Morgan fingerprint density at radius 1 is 1.30 bits per heavy atom. The Balaban J connectivity index is 1.97. The standard InChI is InChI=1S/C16H17ClN2O/c1-11-5-3-8-15(18-11)16(20)19-12(2)9-13-6-4-7-14(17)10-13/h3-8,10,12H,9H2,1-2H3,(H,19,20)/t12-/m1/s1. The van der Waals surface area contributed by atoms with Crippen molar-refractivity contribution in [2.24, 2.45) is 0 Å². The molecule has 0 fully saturated rings. The monoisotopic (exact) mass is 288 g/mol. The van der Waals surface area contributed by atoms with Crippen LogP contribution in [-0.4, -0.2) is 16.9 Å². The molecule has 0 saturated heterocycles. The van der Waals surface area contributed by atoms with Gasteiger partial charge in [-0.25, -0.2) is 4.98 Å². The highest BCUT2D eigenvalue weighted by atomic mass is 35.5. The highest BCUT2D eigenvalue weighted by molar-refractivity contribution is 6.30. The molecule has 1 aromatic carbocycles. The van der Waals surface area contributed by atoms with Gasteiger partial charge in [0.1, 0.15) is 5.69 Å². The van der Waals surface area contributed by atoms with Crippen LogP contribution in [0.5, 0.6) is 0 Å². The van der Waals surface area contributed by atoms with Crippen molar-refractivity contribution in [1.82, 2.24) is 10.3 Å². The largest absolute Gasteiger partial charge is 0.348 e. The molecule has 1 heterocycles. The number of pyridine rings is 1. The van der Waals surface area contributed by atoms with E-state index in [0.29, 0.717) is 10.7 Å². The minimum absolute atomic E-state index is 0.0169. The van der Waals surface area contributed by atoms with Gasteiger partial charge < -0.3 is 5.32 Å². The summed E-state index contributed by atoms with van der Waals surface area (Å²) < 4.78 is 0. The van der Waals surface area contributed by atoms with E-state index >= 15 is 0 Å². The number of aryl methyl sites for hydroxylation is 1. The first kappa shape index (κ1) is 14.5.